The predicted molar refractivity (Wildman–Crippen MR) is 61.3 cm³/mol. The molecular weight excluding hydrogens is 190 g/mol. The standard InChI is InChI=1S/C12H17NO2/c1-8-6-5-7-10(9(8)2)13-12(3,4)11(14)15/h5-7,13H,1-4H3,(H,14,15). The maximum absolute atomic E-state index is 11.0. The Morgan fingerprint density at radius 1 is 1.33 bits per heavy atom. The second-order valence-corrected chi connectivity index (χ2v) is 4.30. The third-order valence-corrected chi connectivity index (χ3v) is 2.59. The molecule has 3 nitrogen and oxygen atoms in total. The van der Waals surface area contributed by atoms with Crippen molar-refractivity contribution in [2.24, 2.45) is 0 Å². The van der Waals surface area contributed by atoms with E-state index in [4.69, 9.17) is 5.11 Å². The molecule has 0 aliphatic carbocycles. The zero-order chi connectivity index (χ0) is 11.6. The number of aliphatic carboxylic acids is 1. The Morgan fingerprint density at radius 3 is 2.47 bits per heavy atom. The lowest BCUT2D eigenvalue weighted by Crippen LogP contribution is -2.40. The van der Waals surface area contributed by atoms with Crippen LogP contribution in [-0.4, -0.2) is 16.6 Å². The van der Waals surface area contributed by atoms with Crippen LogP contribution in [0.2, 0.25) is 0 Å². The molecule has 0 spiro atoms. The molecular formula is C12H17NO2. The first kappa shape index (κ1) is 11.6. The van der Waals surface area contributed by atoms with Crippen molar-refractivity contribution in [3.05, 3.63) is 29.3 Å². The van der Waals surface area contributed by atoms with E-state index in [2.05, 4.69) is 5.32 Å². The van der Waals surface area contributed by atoms with E-state index in [9.17, 15) is 4.79 Å². The molecule has 0 atom stereocenters. The van der Waals surface area contributed by atoms with Gasteiger partial charge in [-0.2, -0.15) is 0 Å². The first-order valence-electron chi connectivity index (χ1n) is 4.92. The van der Waals surface area contributed by atoms with Crippen molar-refractivity contribution in [3.63, 3.8) is 0 Å². The van der Waals surface area contributed by atoms with E-state index in [1.54, 1.807) is 13.8 Å². The SMILES string of the molecule is Cc1cccc(NC(C)(C)C(=O)O)c1C. The van der Waals surface area contributed by atoms with Crippen molar-refractivity contribution in [1.82, 2.24) is 0 Å². The minimum absolute atomic E-state index is 0.858. The summed E-state index contributed by atoms with van der Waals surface area (Å²) in [6, 6.07) is 5.82. The highest BCUT2D eigenvalue weighted by atomic mass is 16.4. The summed E-state index contributed by atoms with van der Waals surface area (Å²) in [4.78, 5) is 11.0. The van der Waals surface area contributed by atoms with Gasteiger partial charge in [0.2, 0.25) is 0 Å². The quantitative estimate of drug-likeness (QED) is 0.800. The van der Waals surface area contributed by atoms with Crippen molar-refractivity contribution in [1.29, 1.82) is 0 Å². The number of carbonyl (C=O) groups is 1. The molecule has 3 heteroatoms. The van der Waals surface area contributed by atoms with Crippen LogP contribution in [0.5, 0.6) is 0 Å². The monoisotopic (exact) mass is 207 g/mol. The molecule has 0 aliphatic heterocycles. The lowest BCUT2D eigenvalue weighted by Gasteiger charge is -2.24. The van der Waals surface area contributed by atoms with Gasteiger partial charge in [-0.3, -0.25) is 0 Å². The summed E-state index contributed by atoms with van der Waals surface area (Å²) < 4.78 is 0. The van der Waals surface area contributed by atoms with E-state index in [-0.39, 0.29) is 0 Å². The Kier molecular flexibility index (Phi) is 3.03. The number of aryl methyl sites for hydroxylation is 1. The molecule has 2 N–H and O–H groups in total. The fraction of sp³-hybridized carbons (Fsp3) is 0.417. The minimum atomic E-state index is -0.946. The van der Waals surface area contributed by atoms with Gasteiger partial charge in [0.1, 0.15) is 5.54 Å². The Balaban J connectivity index is 3.00. The van der Waals surface area contributed by atoms with Gasteiger partial charge in [-0.05, 0) is 44.9 Å². The van der Waals surface area contributed by atoms with Crippen LogP contribution in [-0.2, 0) is 4.79 Å². The van der Waals surface area contributed by atoms with Crippen LogP contribution in [0.4, 0.5) is 5.69 Å². The molecule has 82 valence electrons. The first-order chi connectivity index (χ1) is 6.84. The molecule has 1 aromatic carbocycles. The summed E-state index contributed by atoms with van der Waals surface area (Å²) in [5, 5.41) is 12.0. The molecule has 0 fully saturated rings. The second-order valence-electron chi connectivity index (χ2n) is 4.30. The smallest absolute Gasteiger partial charge is 0.328 e. The zero-order valence-electron chi connectivity index (χ0n) is 9.59. The van der Waals surface area contributed by atoms with Crippen LogP contribution >= 0.6 is 0 Å². The fourth-order valence-corrected chi connectivity index (χ4v) is 1.28. The molecule has 1 aromatic rings. The minimum Gasteiger partial charge on any atom is -0.480 e. The van der Waals surface area contributed by atoms with E-state index in [0.717, 1.165) is 16.8 Å². The highest BCUT2D eigenvalue weighted by Gasteiger charge is 2.27. The largest absolute Gasteiger partial charge is 0.480 e. The van der Waals surface area contributed by atoms with Gasteiger partial charge in [-0.15, -0.1) is 0 Å². The summed E-state index contributed by atoms with van der Waals surface area (Å²) >= 11 is 0. The Morgan fingerprint density at radius 2 is 1.93 bits per heavy atom. The molecule has 0 radical (unpaired) electrons. The van der Waals surface area contributed by atoms with Gasteiger partial charge in [0, 0.05) is 5.69 Å². The number of rotatable bonds is 3. The fourth-order valence-electron chi connectivity index (χ4n) is 1.28. The number of carboxylic acids is 1. The van der Waals surface area contributed by atoms with Gasteiger partial charge < -0.3 is 10.4 Å². The normalized spacial score (nSPS) is 11.2. The van der Waals surface area contributed by atoms with Crippen LogP contribution in [0.25, 0.3) is 0 Å². The van der Waals surface area contributed by atoms with Crippen molar-refractivity contribution < 1.29 is 9.90 Å². The number of carboxylic acid groups (broad SMARTS) is 1. The molecule has 0 aromatic heterocycles. The van der Waals surface area contributed by atoms with E-state index < -0.39 is 11.5 Å². The van der Waals surface area contributed by atoms with Gasteiger partial charge in [0.25, 0.3) is 0 Å². The molecule has 0 saturated heterocycles. The van der Waals surface area contributed by atoms with Crippen molar-refractivity contribution in [2.45, 2.75) is 33.2 Å². The van der Waals surface area contributed by atoms with Crippen molar-refractivity contribution in [3.8, 4) is 0 Å². The number of hydrogen-bond acceptors (Lipinski definition) is 2. The highest BCUT2D eigenvalue weighted by Crippen LogP contribution is 2.22. The number of hydrogen-bond donors (Lipinski definition) is 2. The van der Waals surface area contributed by atoms with Gasteiger partial charge in [-0.25, -0.2) is 4.79 Å². The number of benzene rings is 1. The molecule has 0 bridgehead atoms. The summed E-state index contributed by atoms with van der Waals surface area (Å²) in [5.41, 5.74) is 2.17. The lowest BCUT2D eigenvalue weighted by atomic mass is 10.0. The Hall–Kier alpha value is -1.51. The second kappa shape index (κ2) is 3.93. The molecule has 0 saturated carbocycles. The predicted octanol–water partition coefficient (Wildman–Crippen LogP) is 2.58. The topological polar surface area (TPSA) is 49.3 Å². The maximum Gasteiger partial charge on any atom is 0.328 e. The lowest BCUT2D eigenvalue weighted by molar-refractivity contribution is -0.141. The van der Waals surface area contributed by atoms with Crippen LogP contribution < -0.4 is 5.32 Å². The van der Waals surface area contributed by atoms with E-state index >= 15 is 0 Å². The zero-order valence-corrected chi connectivity index (χ0v) is 9.59. The Bertz CT molecular complexity index is 383. The van der Waals surface area contributed by atoms with E-state index in [1.807, 2.05) is 32.0 Å². The molecule has 0 heterocycles. The summed E-state index contributed by atoms with van der Waals surface area (Å²) in [5.74, 6) is -0.858. The average Bonchev–Trinajstić information content (AvgIpc) is 2.12. The molecule has 0 amide bonds. The first-order valence-corrected chi connectivity index (χ1v) is 4.92. The molecule has 15 heavy (non-hydrogen) atoms. The molecule has 1 rings (SSSR count). The molecule has 0 unspecified atom stereocenters. The molecule has 0 aliphatic rings. The maximum atomic E-state index is 11.0. The van der Waals surface area contributed by atoms with Crippen LogP contribution in [0.1, 0.15) is 25.0 Å². The van der Waals surface area contributed by atoms with E-state index in [0.29, 0.717) is 0 Å². The summed E-state index contributed by atoms with van der Waals surface area (Å²) in [6.45, 7) is 7.29. The highest BCUT2D eigenvalue weighted by molar-refractivity contribution is 5.82. The van der Waals surface area contributed by atoms with Crippen LogP contribution in [0.3, 0.4) is 0 Å². The summed E-state index contributed by atoms with van der Waals surface area (Å²) in [7, 11) is 0. The third kappa shape index (κ3) is 2.49. The third-order valence-electron chi connectivity index (χ3n) is 2.59. The van der Waals surface area contributed by atoms with Gasteiger partial charge in [0.05, 0.1) is 0 Å². The van der Waals surface area contributed by atoms with Crippen LogP contribution in [0, 0.1) is 13.8 Å². The van der Waals surface area contributed by atoms with Crippen molar-refractivity contribution in [2.75, 3.05) is 5.32 Å². The van der Waals surface area contributed by atoms with Crippen molar-refractivity contribution >= 4 is 11.7 Å². The Labute approximate surface area is 90.1 Å². The van der Waals surface area contributed by atoms with E-state index in [1.165, 1.54) is 0 Å². The van der Waals surface area contributed by atoms with Gasteiger partial charge in [0.15, 0.2) is 0 Å². The number of nitrogens with one attached hydrogen (secondary N) is 1. The van der Waals surface area contributed by atoms with Gasteiger partial charge >= 0.3 is 5.97 Å². The van der Waals surface area contributed by atoms with Crippen LogP contribution in [0.15, 0.2) is 18.2 Å². The number of anilines is 1. The van der Waals surface area contributed by atoms with Gasteiger partial charge in [-0.1, -0.05) is 12.1 Å². The summed E-state index contributed by atoms with van der Waals surface area (Å²) in [6.07, 6.45) is 0. The average molecular weight is 207 g/mol.